The van der Waals surface area contributed by atoms with E-state index in [4.69, 9.17) is 4.74 Å². The summed E-state index contributed by atoms with van der Waals surface area (Å²) in [5.41, 5.74) is 1.20. The van der Waals surface area contributed by atoms with Crippen molar-refractivity contribution in [3.63, 3.8) is 0 Å². The smallest absolute Gasteiger partial charge is 0.416 e. The number of halogens is 3. The number of fused-ring (bicyclic) bond motifs is 1. The topological polar surface area (TPSA) is 44.1 Å². The summed E-state index contributed by atoms with van der Waals surface area (Å²) in [6.45, 7) is 6.37. The van der Waals surface area contributed by atoms with Crippen molar-refractivity contribution in [2.75, 3.05) is 0 Å². The number of esters is 1. The number of hydrogen-bond acceptors (Lipinski definition) is 3. The van der Waals surface area contributed by atoms with E-state index in [9.17, 15) is 18.0 Å². The van der Waals surface area contributed by atoms with Crippen LogP contribution < -0.4 is 0 Å². The van der Waals surface area contributed by atoms with Crippen LogP contribution in [0, 0.1) is 5.92 Å². The van der Waals surface area contributed by atoms with E-state index in [2.05, 4.69) is 25.8 Å². The lowest BCUT2D eigenvalue weighted by molar-refractivity contribution is -0.151. The van der Waals surface area contributed by atoms with Crippen LogP contribution in [0.1, 0.15) is 58.4 Å². The molecular formula is C26H31F3N2O2. The molecular weight excluding hydrogens is 429 g/mol. The summed E-state index contributed by atoms with van der Waals surface area (Å²) in [5, 5.41) is 0. The van der Waals surface area contributed by atoms with Crippen LogP contribution in [0.3, 0.4) is 0 Å². The maximum atomic E-state index is 12.9. The van der Waals surface area contributed by atoms with E-state index in [1.54, 1.807) is 4.57 Å². The maximum Gasteiger partial charge on any atom is 0.416 e. The summed E-state index contributed by atoms with van der Waals surface area (Å²) in [7, 11) is 0. The maximum absolute atomic E-state index is 12.9. The van der Waals surface area contributed by atoms with Crippen LogP contribution in [-0.2, 0) is 22.3 Å². The van der Waals surface area contributed by atoms with Crippen LogP contribution in [0.25, 0.3) is 22.4 Å². The van der Waals surface area contributed by atoms with Gasteiger partial charge in [-0.1, -0.05) is 57.9 Å². The van der Waals surface area contributed by atoms with Gasteiger partial charge in [-0.25, -0.2) is 4.98 Å². The molecule has 1 aliphatic rings. The number of carbonyl (C=O) groups is 1. The van der Waals surface area contributed by atoms with E-state index in [1.807, 2.05) is 24.3 Å². The normalized spacial score (nSPS) is 18.5. The second-order valence-corrected chi connectivity index (χ2v) is 8.68. The number of nitrogens with zero attached hydrogens (tertiary/aromatic N) is 2. The third kappa shape index (κ3) is 6.36. The summed E-state index contributed by atoms with van der Waals surface area (Å²) < 4.78 is 46.1. The lowest BCUT2D eigenvalue weighted by Gasteiger charge is -2.26. The Kier molecular flexibility index (Phi) is 8.16. The van der Waals surface area contributed by atoms with Gasteiger partial charge in [0.25, 0.3) is 0 Å². The Hall–Kier alpha value is -2.83. The molecule has 0 unspecified atom stereocenters. The number of imidazole rings is 1. The molecule has 0 spiro atoms. The van der Waals surface area contributed by atoms with Crippen molar-refractivity contribution in [2.45, 2.75) is 71.7 Å². The van der Waals surface area contributed by atoms with Gasteiger partial charge in [-0.15, -0.1) is 0 Å². The van der Waals surface area contributed by atoms with Crippen LogP contribution in [0.2, 0.25) is 0 Å². The number of ether oxygens (including phenoxy) is 1. The van der Waals surface area contributed by atoms with Crippen LogP contribution in [0.4, 0.5) is 13.2 Å². The second-order valence-electron chi connectivity index (χ2n) is 8.68. The fourth-order valence-corrected chi connectivity index (χ4v) is 4.10. The van der Waals surface area contributed by atoms with E-state index in [0.717, 1.165) is 43.3 Å². The van der Waals surface area contributed by atoms with Crippen LogP contribution >= 0.6 is 0 Å². The Morgan fingerprint density at radius 2 is 1.76 bits per heavy atom. The molecule has 0 amide bonds. The molecule has 1 heterocycles. The van der Waals surface area contributed by atoms with Crippen molar-refractivity contribution in [1.29, 1.82) is 0 Å². The molecule has 1 fully saturated rings. The number of benzene rings is 2. The molecule has 33 heavy (non-hydrogen) atoms. The van der Waals surface area contributed by atoms with Crippen LogP contribution in [0.5, 0.6) is 0 Å². The van der Waals surface area contributed by atoms with E-state index in [0.29, 0.717) is 22.8 Å². The van der Waals surface area contributed by atoms with Crippen molar-refractivity contribution < 1.29 is 22.7 Å². The van der Waals surface area contributed by atoms with E-state index >= 15 is 0 Å². The minimum Gasteiger partial charge on any atom is -0.461 e. The number of hydrogen-bond donors (Lipinski definition) is 0. The minimum atomic E-state index is -4.40. The largest absolute Gasteiger partial charge is 0.461 e. The summed E-state index contributed by atoms with van der Waals surface area (Å²) >= 11 is 0. The molecule has 178 valence electrons. The fourth-order valence-electron chi connectivity index (χ4n) is 4.10. The van der Waals surface area contributed by atoms with Gasteiger partial charge in [0, 0.05) is 5.56 Å². The predicted octanol–water partition coefficient (Wildman–Crippen LogP) is 7.26. The first-order chi connectivity index (χ1) is 15.7. The summed E-state index contributed by atoms with van der Waals surface area (Å²) in [6.07, 6.45) is 0.696. The molecule has 2 aromatic carbocycles. The van der Waals surface area contributed by atoms with Crippen molar-refractivity contribution in [3.05, 3.63) is 54.1 Å². The Morgan fingerprint density at radius 3 is 2.39 bits per heavy atom. The van der Waals surface area contributed by atoms with Crippen molar-refractivity contribution in [3.8, 4) is 11.4 Å². The molecule has 3 aromatic rings. The molecule has 0 bridgehead atoms. The van der Waals surface area contributed by atoms with Gasteiger partial charge in [0.2, 0.25) is 0 Å². The highest BCUT2D eigenvalue weighted by Gasteiger charge is 2.30. The van der Waals surface area contributed by atoms with E-state index in [1.165, 1.54) is 18.6 Å². The molecule has 0 aliphatic heterocycles. The highest BCUT2D eigenvalue weighted by molar-refractivity contribution is 5.83. The first-order valence-corrected chi connectivity index (χ1v) is 11.5. The van der Waals surface area contributed by atoms with Gasteiger partial charge < -0.3 is 9.30 Å². The highest BCUT2D eigenvalue weighted by Crippen LogP contribution is 2.32. The first-order valence-electron chi connectivity index (χ1n) is 11.5. The average molecular weight is 461 g/mol. The van der Waals surface area contributed by atoms with Crippen LogP contribution in [0.15, 0.2) is 48.5 Å². The van der Waals surface area contributed by atoms with Gasteiger partial charge in [-0.2, -0.15) is 13.2 Å². The third-order valence-corrected chi connectivity index (χ3v) is 5.60. The number of rotatable bonds is 4. The minimum absolute atomic E-state index is 0.0399. The molecule has 4 nitrogen and oxygen atoms in total. The van der Waals surface area contributed by atoms with Crippen molar-refractivity contribution in [1.82, 2.24) is 9.55 Å². The van der Waals surface area contributed by atoms with Crippen molar-refractivity contribution in [2.24, 2.45) is 5.92 Å². The van der Waals surface area contributed by atoms with Gasteiger partial charge in [0.1, 0.15) is 18.5 Å². The highest BCUT2D eigenvalue weighted by atomic mass is 19.4. The molecule has 0 N–H and O–H groups in total. The van der Waals surface area contributed by atoms with Crippen molar-refractivity contribution >= 4 is 17.0 Å². The first kappa shape index (κ1) is 24.8. The molecule has 1 aromatic heterocycles. The number of carbonyl (C=O) groups excluding carboxylic acids is 1. The van der Waals surface area contributed by atoms with E-state index < -0.39 is 11.7 Å². The molecule has 2 atom stereocenters. The molecule has 7 heteroatoms. The molecule has 0 saturated heterocycles. The Labute approximate surface area is 192 Å². The van der Waals surface area contributed by atoms with Gasteiger partial charge in [-0.05, 0) is 49.4 Å². The van der Waals surface area contributed by atoms with Gasteiger partial charge >= 0.3 is 12.1 Å². The van der Waals surface area contributed by atoms with E-state index in [-0.39, 0.29) is 18.6 Å². The lowest BCUT2D eigenvalue weighted by Crippen LogP contribution is -2.26. The standard InChI is InChI=1S/C23H23F3N2O2.C3H8/c1-15-5-4-6-18(13-15)30-21(29)14-28-20-8-3-2-7-19(20)27-22(28)16-9-11-17(12-10-16)23(24,25)26;1-3-2/h2-3,7-12,15,18H,4-6,13-14H2,1H3;3H2,1-2H3/t15-,18+;/m1./s1. The molecule has 0 radical (unpaired) electrons. The fraction of sp³-hybridized carbons (Fsp3) is 0.462. The van der Waals surface area contributed by atoms with Crippen LogP contribution in [-0.4, -0.2) is 21.6 Å². The number of alkyl halides is 3. The zero-order valence-corrected chi connectivity index (χ0v) is 19.4. The molecule has 1 saturated carbocycles. The monoisotopic (exact) mass is 460 g/mol. The number of aromatic nitrogens is 2. The van der Waals surface area contributed by atoms with Gasteiger partial charge in [0.15, 0.2) is 0 Å². The average Bonchev–Trinajstić information content (AvgIpc) is 3.12. The second kappa shape index (κ2) is 10.9. The zero-order valence-electron chi connectivity index (χ0n) is 19.4. The quantitative estimate of drug-likeness (QED) is 0.385. The SMILES string of the molecule is CCC.C[C@@H]1CCC[C@H](OC(=O)Cn2c(-c3ccc(C(F)(F)F)cc3)nc3ccccc32)C1. The Bertz CT molecular complexity index is 1060. The molecule has 4 rings (SSSR count). The zero-order chi connectivity index (χ0) is 24.0. The van der Waals surface area contributed by atoms with Gasteiger partial charge in [-0.3, -0.25) is 4.79 Å². The summed E-state index contributed by atoms with van der Waals surface area (Å²) in [4.78, 5) is 17.2. The summed E-state index contributed by atoms with van der Waals surface area (Å²) in [6, 6.07) is 12.1. The molecule has 1 aliphatic carbocycles. The third-order valence-electron chi connectivity index (χ3n) is 5.60. The summed E-state index contributed by atoms with van der Waals surface area (Å²) in [5.74, 6) is 0.623. The Morgan fingerprint density at radius 1 is 1.09 bits per heavy atom. The lowest BCUT2D eigenvalue weighted by atomic mass is 9.89. The Balaban J connectivity index is 0.000000968. The van der Waals surface area contributed by atoms with Gasteiger partial charge in [0.05, 0.1) is 16.6 Å². The number of para-hydroxylation sites is 2. The predicted molar refractivity (Wildman–Crippen MR) is 124 cm³/mol.